The maximum absolute atomic E-state index is 11.3. The molecule has 1 atom stereocenters. The molecule has 0 aliphatic rings. The Kier molecular flexibility index (Phi) is 5.76. The number of hydrogen-bond acceptors (Lipinski definition) is 1. The van der Waals surface area contributed by atoms with Gasteiger partial charge in [0, 0.05) is 5.75 Å². The van der Waals surface area contributed by atoms with E-state index in [0.717, 1.165) is 0 Å². The summed E-state index contributed by atoms with van der Waals surface area (Å²) in [5.41, 5.74) is 0. The average molecular weight is 159 g/mol. The molecule has 0 saturated heterocycles. The largest absolute Gasteiger partial charge is 0.251 e. The van der Waals surface area contributed by atoms with E-state index in [1.165, 1.54) is 0 Å². The molecule has 0 N–H and O–H groups in total. The van der Waals surface area contributed by atoms with Gasteiger partial charge in [0.2, 0.25) is 0 Å². The van der Waals surface area contributed by atoms with Crippen molar-refractivity contribution in [1.29, 1.82) is 0 Å². The van der Waals surface area contributed by atoms with Crippen LogP contribution in [0.1, 0.15) is 12.8 Å². The van der Waals surface area contributed by atoms with Gasteiger partial charge in [-0.25, -0.2) is 4.21 Å². The molecule has 0 spiro atoms. The summed E-state index contributed by atoms with van der Waals surface area (Å²) in [5.74, 6) is 0.408. The molecule has 50 valence electrons. The highest BCUT2D eigenvalue weighted by molar-refractivity contribution is 8.08. The summed E-state index contributed by atoms with van der Waals surface area (Å²) in [4.78, 5) is 0. The third kappa shape index (κ3) is 6.37. The van der Waals surface area contributed by atoms with Crippen LogP contribution in [0.25, 0.3) is 0 Å². The van der Waals surface area contributed by atoms with Crippen LogP contribution >= 0.6 is 10.7 Å². The van der Waals surface area contributed by atoms with Crippen molar-refractivity contribution in [3.05, 3.63) is 0 Å². The van der Waals surface area contributed by atoms with Gasteiger partial charge in [0.25, 0.3) is 0 Å². The maximum Gasteiger partial charge on any atom is 0.114 e. The van der Waals surface area contributed by atoms with Crippen molar-refractivity contribution in [2.24, 2.45) is 0 Å². The molecule has 4 heteroatoms. The van der Waals surface area contributed by atoms with E-state index in [-0.39, 0.29) is 6.67 Å². The van der Waals surface area contributed by atoms with Gasteiger partial charge in [-0.05, 0) is 23.5 Å². The lowest BCUT2D eigenvalue weighted by Crippen LogP contribution is -1.88. The number of hydrogen-bond donors (Lipinski definition) is 0. The van der Waals surface area contributed by atoms with Gasteiger partial charge in [0.1, 0.15) is 10.0 Å². The summed E-state index contributed by atoms with van der Waals surface area (Å²) in [6.45, 7) is -0.339. The molecular formula is C4H8ClFOS. The van der Waals surface area contributed by atoms with Crippen LogP contribution in [-0.4, -0.2) is 16.6 Å². The van der Waals surface area contributed by atoms with Crippen LogP contribution in [0.2, 0.25) is 0 Å². The van der Waals surface area contributed by atoms with E-state index in [9.17, 15) is 8.60 Å². The molecule has 0 aromatic rings. The highest BCUT2D eigenvalue weighted by atomic mass is 35.7. The highest BCUT2D eigenvalue weighted by Crippen LogP contribution is 1.95. The molecule has 0 heterocycles. The van der Waals surface area contributed by atoms with Gasteiger partial charge in [-0.2, -0.15) is 0 Å². The minimum Gasteiger partial charge on any atom is -0.251 e. The summed E-state index contributed by atoms with van der Waals surface area (Å²) in [6.07, 6.45) is 1.09. The van der Waals surface area contributed by atoms with Crippen molar-refractivity contribution < 1.29 is 8.60 Å². The van der Waals surface area contributed by atoms with E-state index in [4.69, 9.17) is 10.7 Å². The Labute approximate surface area is 55.2 Å². The first-order chi connectivity index (χ1) is 3.77. The number of halogens is 2. The normalized spacial score (nSPS) is 13.8. The molecule has 0 aliphatic carbocycles. The van der Waals surface area contributed by atoms with E-state index in [2.05, 4.69) is 0 Å². The smallest absolute Gasteiger partial charge is 0.114 e. The van der Waals surface area contributed by atoms with Crippen LogP contribution < -0.4 is 0 Å². The van der Waals surface area contributed by atoms with E-state index < -0.39 is 10.0 Å². The molecule has 0 amide bonds. The zero-order valence-electron chi connectivity index (χ0n) is 4.40. The topological polar surface area (TPSA) is 17.1 Å². The fraction of sp³-hybridized carbons (Fsp3) is 1.00. The van der Waals surface area contributed by atoms with Gasteiger partial charge in [-0.1, -0.05) is 0 Å². The molecule has 0 aliphatic heterocycles. The predicted molar refractivity (Wildman–Crippen MR) is 34.1 cm³/mol. The second-order valence-corrected chi connectivity index (χ2v) is 3.41. The third-order valence-electron chi connectivity index (χ3n) is 0.688. The van der Waals surface area contributed by atoms with Gasteiger partial charge < -0.3 is 0 Å². The zero-order valence-corrected chi connectivity index (χ0v) is 5.97. The minimum atomic E-state index is -1.26. The molecule has 0 radical (unpaired) electrons. The maximum atomic E-state index is 11.3. The van der Waals surface area contributed by atoms with Crippen LogP contribution in [0.4, 0.5) is 4.39 Å². The SMILES string of the molecule is O=S(Cl)CCCCF. The third-order valence-corrected chi connectivity index (χ3v) is 1.76. The van der Waals surface area contributed by atoms with Crippen molar-refractivity contribution in [2.45, 2.75) is 12.8 Å². The fourth-order valence-corrected chi connectivity index (χ4v) is 1.07. The van der Waals surface area contributed by atoms with Crippen LogP contribution in [0.3, 0.4) is 0 Å². The lowest BCUT2D eigenvalue weighted by atomic mass is 10.4. The van der Waals surface area contributed by atoms with E-state index >= 15 is 0 Å². The first kappa shape index (κ1) is 8.37. The molecule has 0 bridgehead atoms. The van der Waals surface area contributed by atoms with E-state index in [1.54, 1.807) is 0 Å². The van der Waals surface area contributed by atoms with Crippen LogP contribution in [-0.2, 0) is 10.0 Å². The summed E-state index contributed by atoms with van der Waals surface area (Å²) >= 11 is 0. The Balaban J connectivity index is 2.82. The highest BCUT2D eigenvalue weighted by Gasteiger charge is 1.91. The van der Waals surface area contributed by atoms with Gasteiger partial charge in [-0.3, -0.25) is 4.39 Å². The molecular weight excluding hydrogens is 151 g/mol. The minimum absolute atomic E-state index is 0.339. The Morgan fingerprint density at radius 3 is 2.50 bits per heavy atom. The second-order valence-electron chi connectivity index (χ2n) is 1.39. The van der Waals surface area contributed by atoms with Crippen molar-refractivity contribution >= 4 is 20.7 Å². The number of rotatable bonds is 4. The molecule has 0 fully saturated rings. The summed E-state index contributed by atoms with van der Waals surface area (Å²) in [6, 6.07) is 0. The quantitative estimate of drug-likeness (QED) is 0.449. The number of alkyl halides is 1. The second kappa shape index (κ2) is 5.51. The Hall–Kier alpha value is 0.370. The first-order valence-corrected chi connectivity index (χ1v) is 4.52. The van der Waals surface area contributed by atoms with Crippen molar-refractivity contribution in [3.63, 3.8) is 0 Å². The lowest BCUT2D eigenvalue weighted by Gasteiger charge is -1.88. The van der Waals surface area contributed by atoms with Crippen molar-refractivity contribution in [2.75, 3.05) is 12.4 Å². The summed E-state index contributed by atoms with van der Waals surface area (Å²) < 4.78 is 21.4. The lowest BCUT2D eigenvalue weighted by molar-refractivity contribution is 0.470. The monoisotopic (exact) mass is 158 g/mol. The summed E-state index contributed by atoms with van der Waals surface area (Å²) in [7, 11) is 3.80. The van der Waals surface area contributed by atoms with Gasteiger partial charge in [0.15, 0.2) is 0 Å². The summed E-state index contributed by atoms with van der Waals surface area (Å²) in [5, 5.41) is 0. The predicted octanol–water partition coefficient (Wildman–Crippen LogP) is 1.64. The standard InChI is InChI=1S/C4H8ClFOS/c5-8(7)4-2-1-3-6/h1-4H2. The molecule has 1 unspecified atom stereocenters. The molecule has 8 heavy (non-hydrogen) atoms. The molecule has 0 aromatic carbocycles. The molecule has 0 saturated carbocycles. The molecule has 0 aromatic heterocycles. The van der Waals surface area contributed by atoms with Crippen molar-refractivity contribution in [1.82, 2.24) is 0 Å². The molecule has 0 rings (SSSR count). The molecule has 1 nitrogen and oxygen atoms in total. The van der Waals surface area contributed by atoms with Crippen molar-refractivity contribution in [3.8, 4) is 0 Å². The first-order valence-electron chi connectivity index (χ1n) is 2.38. The number of unbranched alkanes of at least 4 members (excludes halogenated alkanes) is 1. The van der Waals surface area contributed by atoms with Gasteiger partial charge in [0.05, 0.1) is 6.67 Å². The van der Waals surface area contributed by atoms with Gasteiger partial charge in [-0.15, -0.1) is 0 Å². The van der Waals surface area contributed by atoms with Crippen LogP contribution in [0, 0.1) is 0 Å². The zero-order chi connectivity index (χ0) is 6.41. The van der Waals surface area contributed by atoms with Crippen LogP contribution in [0.15, 0.2) is 0 Å². The Bertz CT molecular complexity index is 78.4. The van der Waals surface area contributed by atoms with Gasteiger partial charge >= 0.3 is 0 Å². The fourth-order valence-electron chi connectivity index (χ4n) is 0.310. The Morgan fingerprint density at radius 1 is 1.50 bits per heavy atom. The van der Waals surface area contributed by atoms with Crippen LogP contribution in [0.5, 0.6) is 0 Å². The van der Waals surface area contributed by atoms with E-state index in [1.807, 2.05) is 0 Å². The Morgan fingerprint density at radius 2 is 2.12 bits per heavy atom. The van der Waals surface area contributed by atoms with E-state index in [0.29, 0.717) is 18.6 Å². The average Bonchev–Trinajstić information content (AvgIpc) is 1.66.